The maximum atomic E-state index is 12.1. The van der Waals surface area contributed by atoms with Gasteiger partial charge in [0.05, 0.1) is 5.56 Å². The van der Waals surface area contributed by atoms with Crippen LogP contribution in [0.4, 0.5) is 0 Å². The van der Waals surface area contributed by atoms with E-state index in [0.717, 1.165) is 24.3 Å². The maximum Gasteiger partial charge on any atom is 0.255 e. The Morgan fingerprint density at radius 1 is 1.50 bits per heavy atom. The van der Waals surface area contributed by atoms with Crippen LogP contribution in [-0.2, 0) is 0 Å². The van der Waals surface area contributed by atoms with Crippen molar-refractivity contribution in [1.82, 2.24) is 5.32 Å². The minimum atomic E-state index is -0.163. The van der Waals surface area contributed by atoms with Crippen molar-refractivity contribution in [1.29, 1.82) is 0 Å². The Balaban J connectivity index is 2.02. The van der Waals surface area contributed by atoms with Gasteiger partial charge < -0.3 is 10.4 Å². The lowest BCUT2D eigenvalue weighted by Crippen LogP contribution is -2.34. The minimum Gasteiger partial charge on any atom is -0.507 e. The van der Waals surface area contributed by atoms with E-state index in [1.165, 1.54) is 12.8 Å². The zero-order valence-electron chi connectivity index (χ0n) is 11.1. The summed E-state index contributed by atoms with van der Waals surface area (Å²) in [5.74, 6) is 0.685. The second-order valence-corrected chi connectivity index (χ2v) is 5.28. The molecule has 1 atom stereocenters. The molecule has 0 heterocycles. The number of carbonyl (C=O) groups excluding carboxylic acids is 1. The van der Waals surface area contributed by atoms with Gasteiger partial charge in [0.15, 0.2) is 0 Å². The van der Waals surface area contributed by atoms with Gasteiger partial charge in [-0.3, -0.25) is 4.79 Å². The lowest BCUT2D eigenvalue weighted by molar-refractivity contribution is 0.0930. The zero-order valence-corrected chi connectivity index (χ0v) is 11.1. The summed E-state index contributed by atoms with van der Waals surface area (Å²) in [5, 5.41) is 12.7. The molecular weight excluding hydrogens is 226 g/mol. The van der Waals surface area contributed by atoms with Crippen LogP contribution in [-0.4, -0.2) is 17.1 Å². The molecule has 0 bridgehead atoms. The van der Waals surface area contributed by atoms with Crippen LogP contribution in [0.1, 0.15) is 48.5 Å². The number of amides is 1. The molecule has 1 saturated carbocycles. The van der Waals surface area contributed by atoms with Crippen molar-refractivity contribution in [2.45, 2.75) is 45.6 Å². The third-order valence-electron chi connectivity index (χ3n) is 3.54. The number of phenolic OH excluding ortho intramolecular Hbond substituents is 1. The average Bonchev–Trinajstić information content (AvgIpc) is 3.15. The van der Waals surface area contributed by atoms with Crippen molar-refractivity contribution in [2.24, 2.45) is 5.92 Å². The number of hydrogen-bond donors (Lipinski definition) is 2. The van der Waals surface area contributed by atoms with E-state index in [1.807, 2.05) is 6.92 Å². The van der Waals surface area contributed by atoms with Gasteiger partial charge in [0, 0.05) is 6.04 Å². The van der Waals surface area contributed by atoms with Crippen LogP contribution in [0, 0.1) is 12.8 Å². The quantitative estimate of drug-likeness (QED) is 0.840. The van der Waals surface area contributed by atoms with E-state index in [-0.39, 0.29) is 17.7 Å². The Kier molecular flexibility index (Phi) is 3.90. The smallest absolute Gasteiger partial charge is 0.255 e. The molecule has 2 rings (SSSR count). The van der Waals surface area contributed by atoms with Gasteiger partial charge in [-0.25, -0.2) is 0 Å². The molecule has 98 valence electrons. The summed E-state index contributed by atoms with van der Waals surface area (Å²) in [6.45, 7) is 4.00. The van der Waals surface area contributed by atoms with E-state index in [0.29, 0.717) is 5.56 Å². The molecule has 1 aromatic carbocycles. The molecule has 1 fully saturated rings. The highest BCUT2D eigenvalue weighted by atomic mass is 16.3. The van der Waals surface area contributed by atoms with Crippen LogP contribution in [0.15, 0.2) is 18.2 Å². The van der Waals surface area contributed by atoms with E-state index in [1.54, 1.807) is 18.2 Å². The number of hydrogen-bond acceptors (Lipinski definition) is 2. The Bertz CT molecular complexity index is 438. The first-order valence-electron chi connectivity index (χ1n) is 6.70. The van der Waals surface area contributed by atoms with Gasteiger partial charge in [0.25, 0.3) is 5.91 Å². The summed E-state index contributed by atoms with van der Waals surface area (Å²) in [4.78, 5) is 12.1. The average molecular weight is 247 g/mol. The molecule has 0 aromatic heterocycles. The molecule has 1 aromatic rings. The van der Waals surface area contributed by atoms with Gasteiger partial charge in [0.1, 0.15) is 5.75 Å². The first kappa shape index (κ1) is 12.9. The van der Waals surface area contributed by atoms with Gasteiger partial charge in [-0.1, -0.05) is 31.4 Å². The fourth-order valence-corrected chi connectivity index (χ4v) is 2.18. The van der Waals surface area contributed by atoms with E-state index < -0.39 is 0 Å². The number of carbonyl (C=O) groups is 1. The molecule has 3 heteroatoms. The molecule has 1 unspecified atom stereocenters. The number of benzene rings is 1. The Morgan fingerprint density at radius 3 is 2.83 bits per heavy atom. The lowest BCUT2D eigenvalue weighted by atomic mass is 10.1. The molecule has 3 nitrogen and oxygen atoms in total. The van der Waals surface area contributed by atoms with Gasteiger partial charge in [-0.2, -0.15) is 0 Å². The second-order valence-electron chi connectivity index (χ2n) is 5.28. The molecule has 0 aliphatic heterocycles. The maximum absolute atomic E-state index is 12.1. The highest BCUT2D eigenvalue weighted by molar-refractivity contribution is 5.97. The Hall–Kier alpha value is -1.51. The molecule has 2 N–H and O–H groups in total. The van der Waals surface area contributed by atoms with Crippen LogP contribution < -0.4 is 5.32 Å². The van der Waals surface area contributed by atoms with Gasteiger partial charge >= 0.3 is 0 Å². The molecule has 1 aliphatic carbocycles. The van der Waals surface area contributed by atoms with Crippen molar-refractivity contribution >= 4 is 5.91 Å². The molecule has 0 spiro atoms. The summed E-state index contributed by atoms with van der Waals surface area (Å²) in [7, 11) is 0. The molecule has 0 saturated heterocycles. The van der Waals surface area contributed by atoms with E-state index in [9.17, 15) is 9.90 Å². The van der Waals surface area contributed by atoms with Crippen molar-refractivity contribution in [3.8, 4) is 5.75 Å². The molecule has 1 amide bonds. The van der Waals surface area contributed by atoms with Gasteiger partial charge in [-0.05, 0) is 37.8 Å². The predicted octanol–water partition coefficient (Wildman–Crippen LogP) is 3.01. The largest absolute Gasteiger partial charge is 0.507 e. The van der Waals surface area contributed by atoms with Gasteiger partial charge in [0.2, 0.25) is 0 Å². The van der Waals surface area contributed by atoms with Crippen molar-refractivity contribution in [2.75, 3.05) is 0 Å². The number of rotatable bonds is 5. The van der Waals surface area contributed by atoms with E-state index in [2.05, 4.69) is 12.2 Å². The topological polar surface area (TPSA) is 49.3 Å². The molecular formula is C15H21NO2. The Labute approximate surface area is 108 Å². The predicted molar refractivity (Wildman–Crippen MR) is 71.7 cm³/mol. The summed E-state index contributed by atoms with van der Waals surface area (Å²) in [5.41, 5.74) is 1.36. The van der Waals surface area contributed by atoms with E-state index in [4.69, 9.17) is 0 Å². The highest BCUT2D eigenvalue weighted by Crippen LogP contribution is 2.34. The summed E-state index contributed by atoms with van der Waals surface area (Å²) >= 11 is 0. The number of nitrogens with one attached hydrogen (secondary N) is 1. The zero-order chi connectivity index (χ0) is 13.1. The van der Waals surface area contributed by atoms with Crippen molar-refractivity contribution in [3.63, 3.8) is 0 Å². The summed E-state index contributed by atoms with van der Waals surface area (Å²) in [6.07, 6.45) is 4.59. The van der Waals surface area contributed by atoms with Crippen LogP contribution in [0.3, 0.4) is 0 Å². The normalized spacial score (nSPS) is 16.3. The lowest BCUT2D eigenvalue weighted by Gasteiger charge is -2.17. The number of phenols is 1. The minimum absolute atomic E-state index is 0.0550. The fraction of sp³-hybridized carbons (Fsp3) is 0.533. The highest BCUT2D eigenvalue weighted by Gasteiger charge is 2.26. The van der Waals surface area contributed by atoms with Crippen molar-refractivity contribution < 1.29 is 9.90 Å². The number of aryl methyl sites for hydroxylation is 1. The van der Waals surface area contributed by atoms with Crippen LogP contribution in [0.5, 0.6) is 5.75 Å². The summed E-state index contributed by atoms with van der Waals surface area (Å²) in [6, 6.07) is 5.33. The number of aromatic hydroxyl groups is 1. The Morgan fingerprint density at radius 2 is 2.22 bits per heavy atom. The van der Waals surface area contributed by atoms with Crippen molar-refractivity contribution in [3.05, 3.63) is 29.3 Å². The van der Waals surface area contributed by atoms with Crippen LogP contribution in [0.2, 0.25) is 0 Å². The van der Waals surface area contributed by atoms with Crippen LogP contribution in [0.25, 0.3) is 0 Å². The first-order valence-corrected chi connectivity index (χ1v) is 6.70. The third kappa shape index (κ3) is 3.25. The van der Waals surface area contributed by atoms with Crippen LogP contribution >= 0.6 is 0 Å². The standard InChI is InChI=1S/C15H21NO2/c1-3-12(9-11-5-6-11)16-15(18)13-8-10(2)4-7-14(13)17/h4,7-8,11-12,17H,3,5-6,9H2,1-2H3,(H,16,18). The second kappa shape index (κ2) is 5.42. The third-order valence-corrected chi connectivity index (χ3v) is 3.54. The van der Waals surface area contributed by atoms with Gasteiger partial charge in [-0.15, -0.1) is 0 Å². The fourth-order valence-electron chi connectivity index (χ4n) is 2.18. The molecule has 1 aliphatic rings. The van der Waals surface area contributed by atoms with E-state index >= 15 is 0 Å². The monoisotopic (exact) mass is 247 g/mol. The molecule has 0 radical (unpaired) electrons. The first-order chi connectivity index (χ1) is 8.60. The molecule has 18 heavy (non-hydrogen) atoms. The SMILES string of the molecule is CCC(CC1CC1)NC(=O)c1cc(C)ccc1O. The summed E-state index contributed by atoms with van der Waals surface area (Å²) < 4.78 is 0.